The van der Waals surface area contributed by atoms with Crippen LogP contribution in [-0.4, -0.2) is 22.9 Å². The van der Waals surface area contributed by atoms with Crippen LogP contribution in [-0.2, 0) is 6.54 Å². The van der Waals surface area contributed by atoms with E-state index in [2.05, 4.69) is 45.0 Å². The van der Waals surface area contributed by atoms with E-state index in [0.29, 0.717) is 12.0 Å². The van der Waals surface area contributed by atoms with Crippen molar-refractivity contribution in [1.82, 2.24) is 15.1 Å². The lowest BCUT2D eigenvalue weighted by Crippen LogP contribution is -2.31. The third-order valence-electron chi connectivity index (χ3n) is 3.74. The van der Waals surface area contributed by atoms with Crippen LogP contribution in [0, 0.1) is 0 Å². The summed E-state index contributed by atoms with van der Waals surface area (Å²) in [6.07, 6.45) is 8.26. The number of nitrogens with one attached hydrogen (secondary N) is 1. The van der Waals surface area contributed by atoms with Gasteiger partial charge in [0.15, 0.2) is 0 Å². The molecule has 0 spiro atoms. The third kappa shape index (κ3) is 2.91. The van der Waals surface area contributed by atoms with Crippen LogP contribution in [0.4, 0.5) is 0 Å². The predicted octanol–water partition coefficient (Wildman–Crippen LogP) is 3.30. The monoisotopic (exact) mass is 299 g/mol. The summed E-state index contributed by atoms with van der Waals surface area (Å²) in [5.41, 5.74) is 1.41. The first-order chi connectivity index (χ1) is 8.26. The van der Waals surface area contributed by atoms with Gasteiger partial charge in [-0.15, -0.1) is 0 Å². The molecule has 1 aliphatic rings. The van der Waals surface area contributed by atoms with Gasteiger partial charge in [-0.2, -0.15) is 5.10 Å². The quantitative estimate of drug-likeness (QED) is 0.924. The molecule has 96 valence electrons. The number of aryl methyl sites for hydroxylation is 1. The zero-order valence-corrected chi connectivity index (χ0v) is 12.3. The molecular weight excluding hydrogens is 278 g/mol. The summed E-state index contributed by atoms with van der Waals surface area (Å²) in [5, 5.41) is 7.90. The Morgan fingerprint density at radius 3 is 3.06 bits per heavy atom. The summed E-state index contributed by atoms with van der Waals surface area (Å²) in [5.74, 6) is 0.657. The van der Waals surface area contributed by atoms with Crippen LogP contribution < -0.4 is 5.32 Å². The highest BCUT2D eigenvalue weighted by molar-refractivity contribution is 9.10. The molecule has 2 unspecified atom stereocenters. The Balaban J connectivity index is 2.17. The minimum atomic E-state index is 0.657. The summed E-state index contributed by atoms with van der Waals surface area (Å²) in [4.78, 5) is 0. The fraction of sp³-hybridized carbons (Fsp3) is 0.769. The van der Waals surface area contributed by atoms with E-state index in [1.54, 1.807) is 0 Å². The SMILES string of the molecule is CCCn1ncc(Br)c1C1CCCC(NC)C1. The molecule has 2 atom stereocenters. The summed E-state index contributed by atoms with van der Waals surface area (Å²) in [7, 11) is 2.07. The van der Waals surface area contributed by atoms with Crippen molar-refractivity contribution < 1.29 is 0 Å². The van der Waals surface area contributed by atoms with Crippen LogP contribution in [0.25, 0.3) is 0 Å². The molecule has 4 heteroatoms. The van der Waals surface area contributed by atoms with E-state index in [9.17, 15) is 0 Å². The Labute approximate surface area is 112 Å². The number of rotatable bonds is 4. The molecule has 0 aromatic carbocycles. The van der Waals surface area contributed by atoms with Crippen molar-refractivity contribution in [3.63, 3.8) is 0 Å². The lowest BCUT2D eigenvalue weighted by Gasteiger charge is -2.29. The molecule has 0 amide bonds. The maximum absolute atomic E-state index is 4.48. The van der Waals surface area contributed by atoms with Gasteiger partial charge in [-0.05, 0) is 48.7 Å². The molecule has 1 heterocycles. The molecule has 1 aromatic heterocycles. The van der Waals surface area contributed by atoms with Crippen LogP contribution >= 0.6 is 15.9 Å². The number of hydrogen-bond donors (Lipinski definition) is 1. The summed E-state index contributed by atoms with van der Waals surface area (Å²) in [6, 6.07) is 0.672. The summed E-state index contributed by atoms with van der Waals surface area (Å²) >= 11 is 3.66. The van der Waals surface area contributed by atoms with E-state index in [4.69, 9.17) is 0 Å². The van der Waals surface area contributed by atoms with Crippen molar-refractivity contribution in [3.05, 3.63) is 16.4 Å². The van der Waals surface area contributed by atoms with Gasteiger partial charge in [0.1, 0.15) is 0 Å². The van der Waals surface area contributed by atoms with Gasteiger partial charge in [0.25, 0.3) is 0 Å². The molecule has 1 aromatic rings. The molecule has 3 nitrogen and oxygen atoms in total. The van der Waals surface area contributed by atoms with Crippen molar-refractivity contribution in [3.8, 4) is 0 Å². The molecule has 17 heavy (non-hydrogen) atoms. The standard InChI is InChI=1S/C13H22BrN3/c1-3-7-17-13(12(14)9-16-17)10-5-4-6-11(8-10)15-2/h9-11,15H,3-8H2,1-2H3. The van der Waals surface area contributed by atoms with Crippen LogP contribution in [0.1, 0.15) is 50.6 Å². The second kappa shape index (κ2) is 6.01. The minimum Gasteiger partial charge on any atom is -0.317 e. The smallest absolute Gasteiger partial charge is 0.0635 e. The molecule has 2 rings (SSSR count). The van der Waals surface area contributed by atoms with Gasteiger partial charge >= 0.3 is 0 Å². The van der Waals surface area contributed by atoms with Crippen molar-refractivity contribution in [2.24, 2.45) is 0 Å². The molecule has 1 fully saturated rings. The van der Waals surface area contributed by atoms with E-state index >= 15 is 0 Å². The topological polar surface area (TPSA) is 29.9 Å². The maximum Gasteiger partial charge on any atom is 0.0635 e. The Bertz CT molecular complexity index is 362. The van der Waals surface area contributed by atoms with E-state index < -0.39 is 0 Å². The second-order valence-corrected chi connectivity index (χ2v) is 5.80. The number of aromatic nitrogens is 2. The predicted molar refractivity (Wildman–Crippen MR) is 74.3 cm³/mol. The maximum atomic E-state index is 4.48. The normalized spacial score (nSPS) is 25.1. The Kier molecular flexibility index (Phi) is 4.62. The molecule has 1 saturated carbocycles. The average Bonchev–Trinajstić information content (AvgIpc) is 2.71. The van der Waals surface area contributed by atoms with Crippen molar-refractivity contribution in [2.45, 2.75) is 57.5 Å². The third-order valence-corrected chi connectivity index (χ3v) is 4.35. The highest BCUT2D eigenvalue weighted by Crippen LogP contribution is 2.36. The van der Waals surface area contributed by atoms with Crippen molar-refractivity contribution >= 4 is 15.9 Å². The fourth-order valence-electron chi connectivity index (χ4n) is 2.87. The average molecular weight is 300 g/mol. The molecule has 0 aliphatic heterocycles. The second-order valence-electron chi connectivity index (χ2n) is 4.95. The lowest BCUT2D eigenvalue weighted by molar-refractivity contribution is 0.340. The molecule has 1 N–H and O–H groups in total. The first-order valence-electron chi connectivity index (χ1n) is 6.64. The van der Waals surface area contributed by atoms with Gasteiger partial charge in [0, 0.05) is 18.5 Å². The van der Waals surface area contributed by atoms with Crippen LogP contribution in [0.3, 0.4) is 0 Å². The van der Waals surface area contributed by atoms with E-state index in [-0.39, 0.29) is 0 Å². The molecule has 0 radical (unpaired) electrons. The number of nitrogens with zero attached hydrogens (tertiary/aromatic N) is 2. The summed E-state index contributed by atoms with van der Waals surface area (Å²) < 4.78 is 3.37. The highest BCUT2D eigenvalue weighted by Gasteiger charge is 2.26. The lowest BCUT2D eigenvalue weighted by atomic mass is 9.83. The molecule has 0 saturated heterocycles. The van der Waals surface area contributed by atoms with E-state index in [0.717, 1.165) is 13.0 Å². The first-order valence-corrected chi connectivity index (χ1v) is 7.44. The summed E-state index contributed by atoms with van der Waals surface area (Å²) in [6.45, 7) is 3.23. The largest absolute Gasteiger partial charge is 0.317 e. The fourth-order valence-corrected chi connectivity index (χ4v) is 3.49. The number of hydrogen-bond acceptors (Lipinski definition) is 2. The van der Waals surface area contributed by atoms with E-state index in [1.165, 1.54) is 35.8 Å². The Hall–Kier alpha value is -0.350. The minimum absolute atomic E-state index is 0.657. The molecule has 1 aliphatic carbocycles. The van der Waals surface area contributed by atoms with Gasteiger partial charge in [-0.25, -0.2) is 0 Å². The van der Waals surface area contributed by atoms with Crippen molar-refractivity contribution in [1.29, 1.82) is 0 Å². The zero-order valence-electron chi connectivity index (χ0n) is 10.7. The molecular formula is C13H22BrN3. The number of halogens is 1. The molecule has 0 bridgehead atoms. The van der Waals surface area contributed by atoms with Gasteiger partial charge in [-0.3, -0.25) is 4.68 Å². The van der Waals surface area contributed by atoms with Gasteiger partial charge in [0.2, 0.25) is 0 Å². The van der Waals surface area contributed by atoms with Gasteiger partial charge < -0.3 is 5.32 Å². The Morgan fingerprint density at radius 1 is 1.53 bits per heavy atom. The first kappa shape index (κ1) is 13.1. The van der Waals surface area contributed by atoms with Crippen LogP contribution in [0.5, 0.6) is 0 Å². The van der Waals surface area contributed by atoms with Crippen LogP contribution in [0.2, 0.25) is 0 Å². The van der Waals surface area contributed by atoms with Crippen molar-refractivity contribution in [2.75, 3.05) is 7.05 Å². The van der Waals surface area contributed by atoms with Gasteiger partial charge in [-0.1, -0.05) is 13.3 Å². The van der Waals surface area contributed by atoms with E-state index in [1.807, 2.05) is 6.20 Å². The highest BCUT2D eigenvalue weighted by atomic mass is 79.9. The van der Waals surface area contributed by atoms with Crippen LogP contribution in [0.15, 0.2) is 10.7 Å². The van der Waals surface area contributed by atoms with Gasteiger partial charge in [0.05, 0.1) is 16.4 Å². The zero-order chi connectivity index (χ0) is 12.3. The Morgan fingerprint density at radius 2 is 2.35 bits per heavy atom.